The number of aryl methyl sites for hydroxylation is 1. The molecule has 32 heavy (non-hydrogen) atoms. The predicted octanol–water partition coefficient (Wildman–Crippen LogP) is 3.98. The molecule has 0 atom stereocenters. The van der Waals surface area contributed by atoms with Gasteiger partial charge in [0.25, 0.3) is 0 Å². The van der Waals surface area contributed by atoms with Crippen molar-refractivity contribution in [2.24, 2.45) is 5.92 Å². The molecule has 0 aliphatic heterocycles. The lowest BCUT2D eigenvalue weighted by molar-refractivity contribution is -0.121. The number of ether oxygens (including phenoxy) is 1. The first-order valence-electron chi connectivity index (χ1n) is 10.6. The molecule has 2 amide bonds. The van der Waals surface area contributed by atoms with Crippen LogP contribution >= 0.6 is 0 Å². The number of benzene rings is 2. The summed E-state index contributed by atoms with van der Waals surface area (Å²) in [5.74, 6) is 1.63. The number of nitrogens with one attached hydrogen (secondary N) is 2. The largest absolute Gasteiger partial charge is 0.497 e. The van der Waals surface area contributed by atoms with E-state index in [2.05, 4.69) is 20.8 Å². The highest BCUT2D eigenvalue weighted by atomic mass is 16.5. The predicted molar refractivity (Wildman–Crippen MR) is 121 cm³/mol. The highest BCUT2D eigenvalue weighted by Gasteiger charge is 2.10. The molecule has 0 saturated heterocycles. The SMILES string of the molecule is COc1ccc(-c2noc(CCCC(=O)NCc3ccc(NC(=O)C(C)C)cc3)n2)cc1. The van der Waals surface area contributed by atoms with Crippen LogP contribution in [-0.2, 0) is 22.6 Å². The summed E-state index contributed by atoms with van der Waals surface area (Å²) in [6.45, 7) is 4.12. The van der Waals surface area contributed by atoms with Crippen molar-refractivity contribution in [3.05, 3.63) is 60.0 Å². The minimum absolute atomic E-state index is 0.0246. The van der Waals surface area contributed by atoms with E-state index in [0.29, 0.717) is 37.5 Å². The van der Waals surface area contributed by atoms with Crippen LogP contribution in [0, 0.1) is 5.92 Å². The van der Waals surface area contributed by atoms with Gasteiger partial charge in [-0.3, -0.25) is 9.59 Å². The summed E-state index contributed by atoms with van der Waals surface area (Å²) < 4.78 is 10.4. The minimum atomic E-state index is -0.0739. The van der Waals surface area contributed by atoms with Crippen LogP contribution in [0.3, 0.4) is 0 Å². The van der Waals surface area contributed by atoms with Gasteiger partial charge in [-0.05, 0) is 48.4 Å². The Balaban J connectivity index is 1.39. The van der Waals surface area contributed by atoms with E-state index in [1.165, 1.54) is 0 Å². The van der Waals surface area contributed by atoms with Gasteiger partial charge in [0.1, 0.15) is 5.75 Å². The van der Waals surface area contributed by atoms with E-state index >= 15 is 0 Å². The summed E-state index contributed by atoms with van der Waals surface area (Å²) in [5.41, 5.74) is 2.54. The van der Waals surface area contributed by atoms with Crippen molar-refractivity contribution < 1.29 is 18.8 Å². The average Bonchev–Trinajstić information content (AvgIpc) is 3.27. The van der Waals surface area contributed by atoms with Crippen molar-refractivity contribution in [3.8, 4) is 17.1 Å². The van der Waals surface area contributed by atoms with Gasteiger partial charge in [-0.2, -0.15) is 4.98 Å². The molecule has 0 aliphatic rings. The van der Waals surface area contributed by atoms with Gasteiger partial charge in [-0.1, -0.05) is 31.1 Å². The summed E-state index contributed by atoms with van der Waals surface area (Å²) in [6, 6.07) is 14.8. The van der Waals surface area contributed by atoms with E-state index in [1.807, 2.05) is 62.4 Å². The Kier molecular flexibility index (Phi) is 7.96. The first-order valence-corrected chi connectivity index (χ1v) is 10.6. The van der Waals surface area contributed by atoms with E-state index in [0.717, 1.165) is 22.6 Å². The standard InChI is InChI=1S/C24H28N4O4/c1-16(2)24(30)26-19-11-7-17(8-12-19)15-25-21(29)5-4-6-22-27-23(28-32-22)18-9-13-20(31-3)14-10-18/h7-14,16H,4-6,15H2,1-3H3,(H,25,29)(H,26,30). The molecule has 0 saturated carbocycles. The lowest BCUT2D eigenvalue weighted by atomic mass is 10.1. The Morgan fingerprint density at radius 3 is 2.44 bits per heavy atom. The number of carbonyl (C=O) groups excluding carboxylic acids is 2. The van der Waals surface area contributed by atoms with E-state index in [-0.39, 0.29) is 17.7 Å². The zero-order valence-electron chi connectivity index (χ0n) is 18.6. The molecule has 2 aromatic carbocycles. The van der Waals surface area contributed by atoms with Crippen LogP contribution in [0.4, 0.5) is 5.69 Å². The highest BCUT2D eigenvalue weighted by Crippen LogP contribution is 2.20. The van der Waals surface area contributed by atoms with E-state index in [4.69, 9.17) is 9.26 Å². The fourth-order valence-corrected chi connectivity index (χ4v) is 2.90. The first-order chi connectivity index (χ1) is 15.4. The molecule has 8 nitrogen and oxygen atoms in total. The Labute approximate surface area is 187 Å². The number of carbonyl (C=O) groups is 2. The topological polar surface area (TPSA) is 106 Å². The van der Waals surface area contributed by atoms with Gasteiger partial charge in [0, 0.05) is 36.6 Å². The molecule has 0 bridgehead atoms. The van der Waals surface area contributed by atoms with Gasteiger partial charge in [0.05, 0.1) is 7.11 Å². The van der Waals surface area contributed by atoms with Gasteiger partial charge in [0.15, 0.2) is 0 Å². The van der Waals surface area contributed by atoms with Gasteiger partial charge in [0.2, 0.25) is 23.5 Å². The summed E-state index contributed by atoms with van der Waals surface area (Å²) in [7, 11) is 1.61. The van der Waals surface area contributed by atoms with Gasteiger partial charge >= 0.3 is 0 Å². The zero-order chi connectivity index (χ0) is 22.9. The third-order valence-electron chi connectivity index (χ3n) is 4.85. The van der Waals surface area contributed by atoms with Crippen LogP contribution in [0.15, 0.2) is 53.1 Å². The maximum Gasteiger partial charge on any atom is 0.226 e. The summed E-state index contributed by atoms with van der Waals surface area (Å²) >= 11 is 0. The van der Waals surface area contributed by atoms with Crippen LogP contribution in [0.25, 0.3) is 11.4 Å². The molecule has 0 aliphatic carbocycles. The Hall–Kier alpha value is -3.68. The van der Waals surface area contributed by atoms with Crippen molar-refractivity contribution >= 4 is 17.5 Å². The molecule has 0 spiro atoms. The van der Waals surface area contributed by atoms with E-state index < -0.39 is 0 Å². The van der Waals surface area contributed by atoms with Crippen LogP contribution < -0.4 is 15.4 Å². The molecule has 3 rings (SSSR count). The fraction of sp³-hybridized carbons (Fsp3) is 0.333. The van der Waals surface area contributed by atoms with Gasteiger partial charge < -0.3 is 19.9 Å². The second kappa shape index (κ2) is 11.1. The monoisotopic (exact) mass is 436 g/mol. The molecule has 0 radical (unpaired) electrons. The molecule has 168 valence electrons. The third kappa shape index (κ3) is 6.66. The third-order valence-corrected chi connectivity index (χ3v) is 4.85. The number of aromatic nitrogens is 2. The Morgan fingerprint density at radius 2 is 1.78 bits per heavy atom. The molecule has 1 aromatic heterocycles. The number of anilines is 1. The first kappa shape index (κ1) is 23.0. The van der Waals surface area contributed by atoms with E-state index in [9.17, 15) is 9.59 Å². The van der Waals surface area contributed by atoms with Crippen molar-refractivity contribution in [2.75, 3.05) is 12.4 Å². The van der Waals surface area contributed by atoms with Crippen molar-refractivity contribution in [2.45, 2.75) is 39.7 Å². The van der Waals surface area contributed by atoms with Crippen molar-refractivity contribution in [1.29, 1.82) is 0 Å². The molecular weight excluding hydrogens is 408 g/mol. The van der Waals surface area contributed by atoms with Crippen molar-refractivity contribution in [1.82, 2.24) is 15.5 Å². The van der Waals surface area contributed by atoms with Crippen LogP contribution in [0.1, 0.15) is 38.1 Å². The van der Waals surface area contributed by atoms with Crippen molar-refractivity contribution in [3.63, 3.8) is 0 Å². The minimum Gasteiger partial charge on any atom is -0.497 e. The van der Waals surface area contributed by atoms with Gasteiger partial charge in [-0.15, -0.1) is 0 Å². The maximum atomic E-state index is 12.1. The Bertz CT molecular complexity index is 1030. The summed E-state index contributed by atoms with van der Waals surface area (Å²) in [4.78, 5) is 28.2. The number of methoxy groups -OCH3 is 1. The molecular formula is C24H28N4O4. The van der Waals surface area contributed by atoms with Crippen LogP contribution in [-0.4, -0.2) is 29.1 Å². The lowest BCUT2D eigenvalue weighted by Gasteiger charge is -2.09. The lowest BCUT2D eigenvalue weighted by Crippen LogP contribution is -2.22. The number of hydrogen-bond donors (Lipinski definition) is 2. The van der Waals surface area contributed by atoms with Crippen LogP contribution in [0.2, 0.25) is 0 Å². The quantitative estimate of drug-likeness (QED) is 0.498. The Morgan fingerprint density at radius 1 is 1.06 bits per heavy atom. The zero-order valence-corrected chi connectivity index (χ0v) is 18.6. The molecule has 0 fully saturated rings. The van der Waals surface area contributed by atoms with Gasteiger partial charge in [-0.25, -0.2) is 0 Å². The smallest absolute Gasteiger partial charge is 0.226 e. The van der Waals surface area contributed by atoms with Crippen LogP contribution in [0.5, 0.6) is 5.75 Å². The number of hydrogen-bond acceptors (Lipinski definition) is 6. The molecule has 3 aromatic rings. The van der Waals surface area contributed by atoms with E-state index in [1.54, 1.807) is 7.11 Å². The average molecular weight is 437 g/mol. The normalized spacial score (nSPS) is 10.8. The summed E-state index contributed by atoms with van der Waals surface area (Å²) in [6.07, 6.45) is 1.50. The number of amides is 2. The molecule has 8 heteroatoms. The number of nitrogens with zero attached hydrogens (tertiary/aromatic N) is 2. The second-order valence-corrected chi connectivity index (χ2v) is 7.71. The molecule has 2 N–H and O–H groups in total. The second-order valence-electron chi connectivity index (χ2n) is 7.71. The summed E-state index contributed by atoms with van der Waals surface area (Å²) in [5, 5.41) is 9.74. The maximum absolute atomic E-state index is 12.1. The molecule has 0 unspecified atom stereocenters. The highest BCUT2D eigenvalue weighted by molar-refractivity contribution is 5.92. The number of rotatable bonds is 10. The molecule has 1 heterocycles. The fourth-order valence-electron chi connectivity index (χ4n) is 2.90.